The van der Waals surface area contributed by atoms with E-state index in [4.69, 9.17) is 9.47 Å². The number of hydrogen-bond acceptors (Lipinski definition) is 5. The quantitative estimate of drug-likeness (QED) is 0.733. The van der Waals surface area contributed by atoms with Gasteiger partial charge in [0.1, 0.15) is 12.6 Å². The van der Waals surface area contributed by atoms with E-state index in [1.165, 1.54) is 23.9 Å². The number of carbonyl (C=O) groups excluding carboxylic acids is 1. The summed E-state index contributed by atoms with van der Waals surface area (Å²) in [5.41, 5.74) is -0.933. The molecule has 1 fully saturated rings. The summed E-state index contributed by atoms with van der Waals surface area (Å²) in [6.45, 7) is -0.193. The monoisotopic (exact) mass is 296 g/mol. The molecule has 21 heavy (non-hydrogen) atoms. The molecule has 0 spiro atoms. The van der Waals surface area contributed by atoms with Gasteiger partial charge in [0.15, 0.2) is 0 Å². The van der Waals surface area contributed by atoms with Crippen molar-refractivity contribution in [1.82, 2.24) is 9.13 Å². The Morgan fingerprint density at radius 3 is 2.76 bits per heavy atom. The summed E-state index contributed by atoms with van der Waals surface area (Å²) in [7, 11) is 3.02. The largest absolute Gasteiger partial charge is 0.461 e. The van der Waals surface area contributed by atoms with Gasteiger partial charge in [-0.1, -0.05) is 0 Å². The van der Waals surface area contributed by atoms with E-state index < -0.39 is 17.2 Å². The Labute approximate surface area is 122 Å². The molecule has 0 aromatic carbocycles. The van der Waals surface area contributed by atoms with E-state index in [2.05, 4.69) is 0 Å². The van der Waals surface area contributed by atoms with Gasteiger partial charge >= 0.3 is 11.7 Å². The van der Waals surface area contributed by atoms with Gasteiger partial charge in [0.05, 0.1) is 6.10 Å². The van der Waals surface area contributed by atoms with Crippen molar-refractivity contribution in [3.63, 3.8) is 0 Å². The normalized spacial score (nSPS) is 22.0. The molecule has 1 aromatic heterocycles. The zero-order valence-electron chi connectivity index (χ0n) is 12.3. The number of methoxy groups -OCH3 is 1. The summed E-state index contributed by atoms with van der Waals surface area (Å²) in [6.07, 6.45) is 4.69. The summed E-state index contributed by atoms with van der Waals surface area (Å²) in [4.78, 5) is 35.0. The maximum Gasteiger partial charge on any atom is 0.331 e. The molecule has 2 atom stereocenters. The van der Waals surface area contributed by atoms with E-state index in [-0.39, 0.29) is 18.8 Å². The Balaban J connectivity index is 1.98. The predicted octanol–water partition coefficient (Wildman–Crippen LogP) is 0.0478. The third-order valence-electron chi connectivity index (χ3n) is 3.77. The molecule has 7 nitrogen and oxygen atoms in total. The van der Waals surface area contributed by atoms with Crippen LogP contribution < -0.4 is 11.2 Å². The van der Waals surface area contributed by atoms with Gasteiger partial charge in [-0.05, 0) is 19.3 Å². The Bertz CT molecular complexity index is 619. The average Bonchev–Trinajstić information content (AvgIpc) is 2.48. The number of nitrogens with zero attached hydrogens (tertiary/aromatic N) is 2. The van der Waals surface area contributed by atoms with Gasteiger partial charge in [-0.15, -0.1) is 0 Å². The molecule has 1 aromatic rings. The number of aromatic nitrogens is 2. The lowest BCUT2D eigenvalue weighted by atomic mass is 9.95. The molecule has 1 saturated carbocycles. The first-order chi connectivity index (χ1) is 10.0. The second-order valence-corrected chi connectivity index (χ2v) is 5.26. The van der Waals surface area contributed by atoms with Crippen molar-refractivity contribution in [3.05, 3.63) is 33.1 Å². The van der Waals surface area contributed by atoms with Crippen molar-refractivity contribution in [1.29, 1.82) is 0 Å². The summed E-state index contributed by atoms with van der Waals surface area (Å²) in [5, 5.41) is 0. The van der Waals surface area contributed by atoms with Crippen LogP contribution in [0.2, 0.25) is 0 Å². The predicted molar refractivity (Wildman–Crippen MR) is 75.1 cm³/mol. The van der Waals surface area contributed by atoms with Gasteiger partial charge in [-0.25, -0.2) is 4.79 Å². The van der Waals surface area contributed by atoms with Crippen molar-refractivity contribution in [2.24, 2.45) is 7.05 Å². The van der Waals surface area contributed by atoms with E-state index in [1.54, 1.807) is 7.11 Å². The van der Waals surface area contributed by atoms with E-state index in [0.29, 0.717) is 6.42 Å². The fourth-order valence-electron chi connectivity index (χ4n) is 2.52. The molecule has 7 heteroatoms. The zero-order chi connectivity index (χ0) is 15.4. The molecule has 0 amide bonds. The van der Waals surface area contributed by atoms with Crippen LogP contribution in [0, 0.1) is 0 Å². The van der Waals surface area contributed by atoms with Gasteiger partial charge in [0.2, 0.25) is 0 Å². The molecule has 0 radical (unpaired) electrons. The average molecular weight is 296 g/mol. The van der Waals surface area contributed by atoms with Gasteiger partial charge in [0.25, 0.3) is 5.56 Å². The van der Waals surface area contributed by atoms with Gasteiger partial charge < -0.3 is 9.47 Å². The summed E-state index contributed by atoms with van der Waals surface area (Å²) < 4.78 is 12.8. The van der Waals surface area contributed by atoms with Gasteiger partial charge in [0, 0.05) is 32.8 Å². The smallest absolute Gasteiger partial charge is 0.331 e. The number of carbonyl (C=O) groups is 1. The maximum atomic E-state index is 11.9. The van der Waals surface area contributed by atoms with E-state index in [0.717, 1.165) is 23.8 Å². The Hall–Kier alpha value is -1.89. The van der Waals surface area contributed by atoms with Crippen LogP contribution in [-0.2, 0) is 27.9 Å². The fraction of sp³-hybridized carbons (Fsp3) is 0.643. The van der Waals surface area contributed by atoms with Crippen LogP contribution in [-0.4, -0.2) is 34.4 Å². The Kier molecular flexibility index (Phi) is 4.95. The Morgan fingerprint density at radius 2 is 2.05 bits per heavy atom. The molecule has 1 aliphatic rings. The molecule has 2 unspecified atom stereocenters. The highest BCUT2D eigenvalue weighted by molar-refractivity contribution is 5.69. The van der Waals surface area contributed by atoms with Crippen molar-refractivity contribution in [2.45, 2.75) is 44.4 Å². The SMILES string of the molecule is COC1CCCC(OC(=O)Cn2ccc(=O)n(C)c2=O)C1. The topological polar surface area (TPSA) is 79.5 Å². The van der Waals surface area contributed by atoms with Crippen LogP contribution in [0.25, 0.3) is 0 Å². The molecule has 1 heterocycles. The van der Waals surface area contributed by atoms with Crippen molar-refractivity contribution in [2.75, 3.05) is 7.11 Å². The lowest BCUT2D eigenvalue weighted by molar-refractivity contribution is -0.153. The number of esters is 1. The summed E-state index contributed by atoms with van der Waals surface area (Å²) in [5.74, 6) is -0.475. The van der Waals surface area contributed by atoms with Crippen LogP contribution in [0.4, 0.5) is 0 Å². The number of ether oxygens (including phenoxy) is 2. The van der Waals surface area contributed by atoms with Crippen LogP contribution in [0.5, 0.6) is 0 Å². The minimum atomic E-state index is -0.530. The molecule has 0 N–H and O–H groups in total. The fourth-order valence-corrected chi connectivity index (χ4v) is 2.52. The van der Waals surface area contributed by atoms with Crippen LogP contribution in [0.3, 0.4) is 0 Å². The first-order valence-electron chi connectivity index (χ1n) is 7.00. The van der Waals surface area contributed by atoms with E-state index in [1.807, 2.05) is 0 Å². The lowest BCUT2D eigenvalue weighted by Crippen LogP contribution is -2.39. The standard InChI is InChI=1S/C14H20N2O5/c1-15-12(17)6-7-16(14(15)19)9-13(18)21-11-5-3-4-10(8-11)20-2/h6-7,10-11H,3-5,8-9H2,1-2H3. The van der Waals surface area contributed by atoms with Crippen molar-refractivity contribution < 1.29 is 14.3 Å². The maximum absolute atomic E-state index is 11.9. The number of hydrogen-bond donors (Lipinski definition) is 0. The second kappa shape index (κ2) is 6.71. The highest BCUT2D eigenvalue weighted by atomic mass is 16.5. The molecule has 0 bridgehead atoms. The highest BCUT2D eigenvalue weighted by Gasteiger charge is 2.24. The third kappa shape index (κ3) is 3.81. The molecule has 1 aliphatic carbocycles. The van der Waals surface area contributed by atoms with Gasteiger partial charge in [-0.3, -0.25) is 18.7 Å². The third-order valence-corrected chi connectivity index (χ3v) is 3.77. The first kappa shape index (κ1) is 15.5. The molecule has 0 saturated heterocycles. The zero-order valence-corrected chi connectivity index (χ0v) is 12.3. The lowest BCUT2D eigenvalue weighted by Gasteiger charge is -2.27. The second-order valence-electron chi connectivity index (χ2n) is 5.26. The molecular weight excluding hydrogens is 276 g/mol. The molecular formula is C14H20N2O5. The van der Waals surface area contributed by atoms with Crippen LogP contribution >= 0.6 is 0 Å². The van der Waals surface area contributed by atoms with E-state index in [9.17, 15) is 14.4 Å². The molecule has 2 rings (SSSR count). The van der Waals surface area contributed by atoms with E-state index >= 15 is 0 Å². The molecule has 116 valence electrons. The molecule has 0 aliphatic heterocycles. The summed E-state index contributed by atoms with van der Waals surface area (Å²) >= 11 is 0. The highest BCUT2D eigenvalue weighted by Crippen LogP contribution is 2.23. The number of rotatable bonds is 4. The minimum Gasteiger partial charge on any atom is -0.461 e. The van der Waals surface area contributed by atoms with Crippen LogP contribution in [0.1, 0.15) is 25.7 Å². The van der Waals surface area contributed by atoms with Crippen molar-refractivity contribution >= 4 is 5.97 Å². The summed E-state index contributed by atoms with van der Waals surface area (Å²) in [6, 6.07) is 1.25. The first-order valence-corrected chi connectivity index (χ1v) is 7.00. The van der Waals surface area contributed by atoms with Gasteiger partial charge in [-0.2, -0.15) is 0 Å². The minimum absolute atomic E-state index is 0.122. The Morgan fingerprint density at radius 1 is 1.33 bits per heavy atom. The van der Waals surface area contributed by atoms with Crippen molar-refractivity contribution in [3.8, 4) is 0 Å². The van der Waals surface area contributed by atoms with Crippen LogP contribution in [0.15, 0.2) is 21.9 Å².